The van der Waals surface area contributed by atoms with Crippen LogP contribution in [0.25, 0.3) is 0 Å². The van der Waals surface area contributed by atoms with Crippen LogP contribution in [-0.2, 0) is 13.0 Å². The van der Waals surface area contributed by atoms with Crippen molar-refractivity contribution in [1.82, 2.24) is 9.55 Å². The van der Waals surface area contributed by atoms with Crippen LogP contribution in [0.3, 0.4) is 0 Å². The number of aryl methyl sites for hydroxylation is 1. The minimum atomic E-state index is -0.458. The van der Waals surface area contributed by atoms with E-state index >= 15 is 0 Å². The second-order valence-electron chi connectivity index (χ2n) is 4.75. The van der Waals surface area contributed by atoms with Gasteiger partial charge < -0.3 is 9.67 Å². The van der Waals surface area contributed by atoms with Crippen LogP contribution in [0.1, 0.15) is 36.0 Å². The molecule has 0 saturated heterocycles. The molecule has 1 aliphatic heterocycles. The molecule has 0 bridgehead atoms. The van der Waals surface area contributed by atoms with E-state index in [4.69, 9.17) is 0 Å². The zero-order valence-electron chi connectivity index (χ0n) is 10.0. The first-order valence-electron chi connectivity index (χ1n) is 6.21. The molecule has 1 aliphatic rings. The number of rotatable bonds is 2. The topological polar surface area (TPSA) is 38.0 Å². The largest absolute Gasteiger partial charge is 0.385 e. The number of hydrogen-bond acceptors (Lipinski definition) is 2. The molecule has 1 atom stereocenters. The Morgan fingerprint density at radius 1 is 1.44 bits per heavy atom. The number of aromatic nitrogens is 2. The number of hydrogen-bond donors (Lipinski definition) is 1. The molecule has 0 amide bonds. The third-order valence-corrected chi connectivity index (χ3v) is 3.31. The van der Waals surface area contributed by atoms with Crippen molar-refractivity contribution in [2.24, 2.45) is 0 Å². The number of aliphatic hydroxyl groups is 1. The maximum atomic E-state index is 13.1. The first-order valence-corrected chi connectivity index (χ1v) is 6.21. The highest BCUT2D eigenvalue weighted by Crippen LogP contribution is 2.24. The summed E-state index contributed by atoms with van der Waals surface area (Å²) < 4.78 is 15.1. The summed E-state index contributed by atoms with van der Waals surface area (Å²) in [6, 6.07) is 6.55. The third-order valence-electron chi connectivity index (χ3n) is 3.31. The lowest BCUT2D eigenvalue weighted by atomic mass is 10.1. The molecule has 94 valence electrons. The quantitative estimate of drug-likeness (QED) is 0.883. The number of benzene rings is 1. The molecule has 2 heterocycles. The average molecular weight is 246 g/mol. The van der Waals surface area contributed by atoms with Gasteiger partial charge in [-0.2, -0.15) is 0 Å². The van der Waals surface area contributed by atoms with Gasteiger partial charge in [0.15, 0.2) is 0 Å². The number of imidazole rings is 1. The molecule has 0 spiro atoms. The summed E-state index contributed by atoms with van der Waals surface area (Å²) in [6.07, 6.45) is 3.85. The van der Waals surface area contributed by atoms with Gasteiger partial charge in [0.1, 0.15) is 17.7 Å². The predicted octanol–water partition coefficient (Wildman–Crippen LogP) is 2.44. The Kier molecular flexibility index (Phi) is 2.88. The molecule has 4 heteroatoms. The van der Waals surface area contributed by atoms with Crippen molar-refractivity contribution < 1.29 is 9.50 Å². The van der Waals surface area contributed by atoms with Crippen molar-refractivity contribution in [3.63, 3.8) is 0 Å². The summed E-state index contributed by atoms with van der Waals surface area (Å²) in [7, 11) is 0. The molecule has 1 N–H and O–H groups in total. The van der Waals surface area contributed by atoms with Crippen molar-refractivity contribution in [1.29, 1.82) is 0 Å². The molecular formula is C14H15FN2O. The van der Waals surface area contributed by atoms with Crippen molar-refractivity contribution in [3.8, 4) is 0 Å². The van der Waals surface area contributed by atoms with Gasteiger partial charge in [-0.05, 0) is 30.5 Å². The van der Waals surface area contributed by atoms with Gasteiger partial charge in [0.2, 0.25) is 0 Å². The van der Waals surface area contributed by atoms with Crippen LogP contribution in [0.4, 0.5) is 4.39 Å². The minimum absolute atomic E-state index is 0.225. The lowest BCUT2D eigenvalue weighted by Crippen LogP contribution is -2.14. The molecular weight excluding hydrogens is 231 g/mol. The SMILES string of the molecule is OC1CCCn2cc(Cc3cccc(F)c3)nc21. The summed E-state index contributed by atoms with van der Waals surface area (Å²) in [5.41, 5.74) is 1.79. The highest BCUT2D eigenvalue weighted by molar-refractivity contribution is 5.22. The molecule has 1 unspecified atom stereocenters. The first-order chi connectivity index (χ1) is 8.72. The zero-order chi connectivity index (χ0) is 12.5. The van der Waals surface area contributed by atoms with Crippen LogP contribution >= 0.6 is 0 Å². The van der Waals surface area contributed by atoms with E-state index in [1.807, 2.05) is 16.8 Å². The van der Waals surface area contributed by atoms with Gasteiger partial charge in [0, 0.05) is 19.2 Å². The van der Waals surface area contributed by atoms with E-state index in [0.717, 1.165) is 36.5 Å². The second kappa shape index (κ2) is 4.53. The Hall–Kier alpha value is -1.68. The maximum absolute atomic E-state index is 13.1. The van der Waals surface area contributed by atoms with E-state index in [-0.39, 0.29) is 5.82 Å². The van der Waals surface area contributed by atoms with E-state index in [1.165, 1.54) is 12.1 Å². The van der Waals surface area contributed by atoms with Crippen LogP contribution in [0.15, 0.2) is 30.5 Å². The third kappa shape index (κ3) is 2.16. The zero-order valence-corrected chi connectivity index (χ0v) is 10.0. The molecule has 18 heavy (non-hydrogen) atoms. The Morgan fingerprint density at radius 3 is 3.11 bits per heavy atom. The van der Waals surface area contributed by atoms with Gasteiger partial charge in [0.05, 0.1) is 5.69 Å². The van der Waals surface area contributed by atoms with Crippen LogP contribution in [0.5, 0.6) is 0 Å². The lowest BCUT2D eigenvalue weighted by Gasteiger charge is -2.18. The monoisotopic (exact) mass is 246 g/mol. The molecule has 1 aromatic heterocycles. The van der Waals surface area contributed by atoms with Crippen molar-refractivity contribution in [2.75, 3.05) is 0 Å². The Balaban J connectivity index is 1.85. The van der Waals surface area contributed by atoms with Crippen LogP contribution < -0.4 is 0 Å². The average Bonchev–Trinajstić information content (AvgIpc) is 2.73. The maximum Gasteiger partial charge on any atom is 0.137 e. The molecule has 0 fully saturated rings. The van der Waals surface area contributed by atoms with E-state index in [9.17, 15) is 9.50 Å². The smallest absolute Gasteiger partial charge is 0.137 e. The first kappa shape index (κ1) is 11.4. The predicted molar refractivity (Wildman–Crippen MR) is 65.6 cm³/mol. The van der Waals surface area contributed by atoms with Gasteiger partial charge >= 0.3 is 0 Å². The highest BCUT2D eigenvalue weighted by Gasteiger charge is 2.20. The number of aliphatic hydroxyl groups excluding tert-OH is 1. The van der Waals surface area contributed by atoms with Crippen molar-refractivity contribution >= 4 is 0 Å². The van der Waals surface area contributed by atoms with Crippen LogP contribution in [0.2, 0.25) is 0 Å². The van der Waals surface area contributed by atoms with E-state index < -0.39 is 6.10 Å². The fraction of sp³-hybridized carbons (Fsp3) is 0.357. The fourth-order valence-corrected chi connectivity index (χ4v) is 2.46. The fourth-order valence-electron chi connectivity index (χ4n) is 2.46. The standard InChI is InChI=1S/C14H15FN2O/c15-11-4-1-3-10(7-11)8-12-9-17-6-2-5-13(18)14(17)16-12/h1,3-4,7,9,13,18H,2,5-6,8H2. The number of nitrogens with zero attached hydrogens (tertiary/aromatic N) is 2. The van der Waals surface area contributed by atoms with Crippen LogP contribution in [0, 0.1) is 5.82 Å². The Morgan fingerprint density at radius 2 is 2.33 bits per heavy atom. The van der Waals surface area contributed by atoms with E-state index in [1.54, 1.807) is 6.07 Å². The summed E-state index contributed by atoms with van der Waals surface area (Å²) in [5, 5.41) is 9.84. The summed E-state index contributed by atoms with van der Waals surface area (Å²) in [6.45, 7) is 0.905. The molecule has 3 rings (SSSR count). The van der Waals surface area contributed by atoms with E-state index in [0.29, 0.717) is 6.42 Å². The molecule has 0 aliphatic carbocycles. The normalized spacial score (nSPS) is 18.7. The number of fused-ring (bicyclic) bond motifs is 1. The van der Waals surface area contributed by atoms with Crippen molar-refractivity contribution in [3.05, 3.63) is 53.4 Å². The van der Waals surface area contributed by atoms with Crippen molar-refractivity contribution in [2.45, 2.75) is 31.9 Å². The molecule has 3 nitrogen and oxygen atoms in total. The summed E-state index contributed by atoms with van der Waals surface area (Å²) >= 11 is 0. The highest BCUT2D eigenvalue weighted by atomic mass is 19.1. The van der Waals surface area contributed by atoms with E-state index in [2.05, 4.69) is 4.98 Å². The summed E-state index contributed by atoms with van der Waals surface area (Å²) in [4.78, 5) is 4.45. The molecule has 1 aromatic carbocycles. The second-order valence-corrected chi connectivity index (χ2v) is 4.75. The summed E-state index contributed by atoms with van der Waals surface area (Å²) in [5.74, 6) is 0.518. The van der Waals surface area contributed by atoms with Gasteiger partial charge in [0.25, 0.3) is 0 Å². The Labute approximate surface area is 105 Å². The lowest BCUT2D eigenvalue weighted by molar-refractivity contribution is 0.133. The van der Waals surface area contributed by atoms with Gasteiger partial charge in [-0.25, -0.2) is 9.37 Å². The molecule has 0 saturated carbocycles. The number of halogens is 1. The van der Waals surface area contributed by atoms with Gasteiger partial charge in [-0.15, -0.1) is 0 Å². The van der Waals surface area contributed by atoms with Crippen LogP contribution in [-0.4, -0.2) is 14.7 Å². The molecule has 2 aromatic rings. The Bertz CT molecular complexity index is 565. The minimum Gasteiger partial charge on any atom is -0.385 e. The van der Waals surface area contributed by atoms with Gasteiger partial charge in [-0.3, -0.25) is 0 Å². The molecule has 0 radical (unpaired) electrons. The van der Waals surface area contributed by atoms with Gasteiger partial charge in [-0.1, -0.05) is 12.1 Å².